The van der Waals surface area contributed by atoms with E-state index in [0.717, 1.165) is 38.0 Å². The molecule has 0 bridgehead atoms. The highest BCUT2D eigenvalue weighted by Gasteiger charge is 2.26. The van der Waals surface area contributed by atoms with E-state index in [-0.39, 0.29) is 0 Å². The highest BCUT2D eigenvalue weighted by molar-refractivity contribution is 7.19. The molecule has 1 aliphatic rings. The van der Waals surface area contributed by atoms with Gasteiger partial charge in [-0.15, -0.1) is 11.3 Å². The van der Waals surface area contributed by atoms with E-state index < -0.39 is 0 Å². The maximum absolute atomic E-state index is 6.36. The quantitative estimate of drug-likeness (QED) is 0.709. The number of nitrogens with one attached hydrogen (secondary N) is 1. The van der Waals surface area contributed by atoms with Gasteiger partial charge in [0.25, 0.3) is 0 Å². The van der Waals surface area contributed by atoms with Gasteiger partial charge in [-0.1, -0.05) is 34.6 Å². The van der Waals surface area contributed by atoms with Crippen LogP contribution in [0.15, 0.2) is 23.4 Å². The third kappa shape index (κ3) is 4.92. The van der Waals surface area contributed by atoms with Gasteiger partial charge in [0.15, 0.2) is 0 Å². The van der Waals surface area contributed by atoms with Crippen LogP contribution in [0.5, 0.6) is 0 Å². The summed E-state index contributed by atoms with van der Waals surface area (Å²) in [4.78, 5) is 7.48. The number of allylic oxidation sites excluding steroid dienone is 2. The fraction of sp³-hybridized carbons (Fsp3) is 0.636. The summed E-state index contributed by atoms with van der Waals surface area (Å²) in [5.41, 5.74) is 12.2. The van der Waals surface area contributed by atoms with Crippen LogP contribution >= 0.6 is 11.3 Å². The predicted octanol–water partition coefficient (Wildman–Crippen LogP) is 5.67. The summed E-state index contributed by atoms with van der Waals surface area (Å²) in [6.07, 6.45) is 4.38. The Balaban J connectivity index is 1.67. The smallest absolute Gasteiger partial charge is 0.0569 e. The molecule has 2 heterocycles. The minimum absolute atomic E-state index is 0.336. The van der Waals surface area contributed by atoms with E-state index in [2.05, 4.69) is 63.7 Å². The molecule has 0 aromatic carbocycles. The summed E-state index contributed by atoms with van der Waals surface area (Å²) in [7, 11) is 2.21. The summed E-state index contributed by atoms with van der Waals surface area (Å²) in [6.45, 7) is 13.6. The Morgan fingerprint density at radius 2 is 2.00 bits per heavy atom. The van der Waals surface area contributed by atoms with Crippen molar-refractivity contribution in [2.75, 3.05) is 13.6 Å². The molecule has 3 N–H and O–H groups in total. The molecule has 0 unspecified atom stereocenters. The number of hydrogen-bond donors (Lipinski definition) is 2. The van der Waals surface area contributed by atoms with Gasteiger partial charge in [0.2, 0.25) is 0 Å². The minimum atomic E-state index is 0.336. The fourth-order valence-electron chi connectivity index (χ4n) is 4.15. The third-order valence-electron chi connectivity index (χ3n) is 5.21. The number of nitrogens with two attached hydrogens (primary N) is 1. The lowest BCUT2D eigenvalue weighted by Gasteiger charge is -2.31. The maximum atomic E-state index is 6.36. The fourth-order valence-corrected chi connectivity index (χ4v) is 5.31. The Morgan fingerprint density at radius 1 is 1.27 bits per heavy atom. The Bertz CT molecular complexity index is 770. The molecule has 3 nitrogen and oxygen atoms in total. The Labute approximate surface area is 162 Å². The zero-order valence-corrected chi connectivity index (χ0v) is 18.1. The van der Waals surface area contributed by atoms with Crippen LogP contribution in [0.2, 0.25) is 0 Å². The molecule has 0 fully saturated rings. The zero-order valence-electron chi connectivity index (χ0n) is 17.3. The van der Waals surface area contributed by atoms with E-state index in [1.165, 1.54) is 32.8 Å². The second-order valence-corrected chi connectivity index (χ2v) is 11.3. The topological polar surface area (TPSA) is 45.0 Å². The van der Waals surface area contributed by atoms with Gasteiger partial charge in [-0.3, -0.25) is 0 Å². The van der Waals surface area contributed by atoms with Crippen LogP contribution in [0, 0.1) is 10.8 Å². The van der Waals surface area contributed by atoms with Crippen LogP contribution < -0.4 is 5.73 Å². The van der Waals surface area contributed by atoms with Gasteiger partial charge in [0, 0.05) is 35.8 Å². The first kappa shape index (κ1) is 19.5. The number of H-pyrrole nitrogens is 1. The van der Waals surface area contributed by atoms with Crippen LogP contribution in [0.4, 0.5) is 0 Å². The van der Waals surface area contributed by atoms with Gasteiger partial charge < -0.3 is 15.6 Å². The van der Waals surface area contributed by atoms with E-state index in [1.807, 2.05) is 11.3 Å². The second kappa shape index (κ2) is 7.05. The number of aromatic nitrogens is 1. The van der Waals surface area contributed by atoms with Crippen molar-refractivity contribution in [2.24, 2.45) is 16.6 Å². The lowest BCUT2D eigenvalue weighted by Crippen LogP contribution is -2.28. The van der Waals surface area contributed by atoms with Gasteiger partial charge in [-0.2, -0.15) is 0 Å². The number of hydrogen-bond acceptors (Lipinski definition) is 3. The van der Waals surface area contributed by atoms with Crippen LogP contribution in [0.25, 0.3) is 10.2 Å². The summed E-state index contributed by atoms with van der Waals surface area (Å²) in [6, 6.07) is 4.65. The molecule has 0 saturated heterocycles. The summed E-state index contributed by atoms with van der Waals surface area (Å²) < 4.78 is 1.37. The summed E-state index contributed by atoms with van der Waals surface area (Å²) >= 11 is 1.91. The molecule has 0 spiro atoms. The number of thiophene rings is 1. The molecule has 26 heavy (non-hydrogen) atoms. The molecule has 0 amide bonds. The van der Waals surface area contributed by atoms with Gasteiger partial charge >= 0.3 is 0 Å². The van der Waals surface area contributed by atoms with E-state index in [0.29, 0.717) is 10.8 Å². The van der Waals surface area contributed by atoms with Gasteiger partial charge in [-0.05, 0) is 54.8 Å². The number of nitrogens with zero attached hydrogens (tertiary/aromatic N) is 1. The Kier molecular flexibility index (Phi) is 5.28. The zero-order chi connectivity index (χ0) is 19.1. The standard InChI is InChI=1S/C22H35N3S/c1-21(2,3)14-25(6)13-17-11-19-20(26-17)10-16(24-19)9-15-7-8-22(4,5)12-18(15)23/h10-11,24H,7-9,12-14,23H2,1-6H3. The van der Waals surface area contributed by atoms with Crippen LogP contribution in [0.1, 0.15) is 64.5 Å². The first-order chi connectivity index (χ1) is 12.0. The summed E-state index contributed by atoms with van der Waals surface area (Å²) in [5.74, 6) is 0. The SMILES string of the molecule is CN(Cc1cc2[nH]c(CC3=C(N)CC(C)(C)CC3)cc2s1)CC(C)(C)C. The van der Waals surface area contributed by atoms with E-state index in [4.69, 9.17) is 5.73 Å². The summed E-state index contributed by atoms with van der Waals surface area (Å²) in [5, 5.41) is 0. The molecular weight excluding hydrogens is 338 g/mol. The molecule has 0 saturated carbocycles. The van der Waals surface area contributed by atoms with Gasteiger partial charge in [0.05, 0.1) is 10.2 Å². The van der Waals surface area contributed by atoms with E-state index in [9.17, 15) is 0 Å². The van der Waals surface area contributed by atoms with Crippen LogP contribution in [-0.2, 0) is 13.0 Å². The predicted molar refractivity (Wildman–Crippen MR) is 115 cm³/mol. The highest BCUT2D eigenvalue weighted by atomic mass is 32.1. The molecule has 4 heteroatoms. The van der Waals surface area contributed by atoms with Gasteiger partial charge in [0.1, 0.15) is 0 Å². The molecule has 2 aromatic heterocycles. The van der Waals surface area contributed by atoms with Crippen molar-refractivity contribution in [1.82, 2.24) is 9.88 Å². The van der Waals surface area contributed by atoms with Crippen molar-refractivity contribution in [2.45, 2.75) is 66.8 Å². The molecule has 0 aliphatic heterocycles. The van der Waals surface area contributed by atoms with Crippen molar-refractivity contribution in [3.8, 4) is 0 Å². The lowest BCUT2D eigenvalue weighted by molar-refractivity contribution is 0.222. The highest BCUT2D eigenvalue weighted by Crippen LogP contribution is 2.38. The molecule has 0 radical (unpaired) electrons. The van der Waals surface area contributed by atoms with E-state index >= 15 is 0 Å². The monoisotopic (exact) mass is 373 g/mol. The van der Waals surface area contributed by atoms with Crippen LogP contribution in [0.3, 0.4) is 0 Å². The second-order valence-electron chi connectivity index (χ2n) is 10.2. The molecule has 1 aliphatic carbocycles. The Morgan fingerprint density at radius 3 is 2.62 bits per heavy atom. The number of aromatic amines is 1. The van der Waals surface area contributed by atoms with Crippen LogP contribution in [-0.4, -0.2) is 23.5 Å². The number of rotatable bonds is 5. The Hall–Kier alpha value is -1.26. The van der Waals surface area contributed by atoms with E-state index in [1.54, 1.807) is 0 Å². The van der Waals surface area contributed by atoms with Gasteiger partial charge in [-0.25, -0.2) is 0 Å². The average molecular weight is 374 g/mol. The first-order valence-corrected chi connectivity index (χ1v) is 10.6. The minimum Gasteiger partial charge on any atom is -0.402 e. The molecule has 0 atom stereocenters. The molecular formula is C22H35N3S. The first-order valence-electron chi connectivity index (χ1n) is 9.76. The van der Waals surface area contributed by atoms with Crippen molar-refractivity contribution < 1.29 is 0 Å². The molecule has 3 rings (SSSR count). The maximum Gasteiger partial charge on any atom is 0.0569 e. The largest absolute Gasteiger partial charge is 0.402 e. The number of fused-ring (bicyclic) bond motifs is 1. The van der Waals surface area contributed by atoms with Crippen molar-refractivity contribution in [3.05, 3.63) is 34.0 Å². The van der Waals surface area contributed by atoms with Crippen molar-refractivity contribution >= 4 is 21.6 Å². The third-order valence-corrected chi connectivity index (χ3v) is 6.28. The molecule has 2 aromatic rings. The van der Waals surface area contributed by atoms with Crippen molar-refractivity contribution in [3.63, 3.8) is 0 Å². The van der Waals surface area contributed by atoms with Crippen molar-refractivity contribution in [1.29, 1.82) is 0 Å². The average Bonchev–Trinajstić information content (AvgIpc) is 2.96. The molecule has 144 valence electrons. The normalized spacial score (nSPS) is 18.3. The lowest BCUT2D eigenvalue weighted by atomic mass is 9.76.